The molecule has 5 N–H and O–H groups in total. The average molecular weight is 386 g/mol. The Kier molecular flexibility index (Phi) is 7.14. The molecule has 2 rings (SSSR count). The van der Waals surface area contributed by atoms with Crippen molar-refractivity contribution in [2.45, 2.75) is 18.9 Å². The van der Waals surface area contributed by atoms with Crippen LogP contribution in [0.25, 0.3) is 11.1 Å². The Balaban J connectivity index is 2.12. The van der Waals surface area contributed by atoms with E-state index in [1.54, 1.807) is 6.07 Å². The highest BCUT2D eigenvalue weighted by molar-refractivity contribution is 6.30. The van der Waals surface area contributed by atoms with Gasteiger partial charge in [0.1, 0.15) is 0 Å². The maximum atomic E-state index is 12.0. The second kappa shape index (κ2) is 9.54. The van der Waals surface area contributed by atoms with E-state index in [9.17, 15) is 9.59 Å². The Bertz CT molecular complexity index is 863. The van der Waals surface area contributed by atoms with Gasteiger partial charge in [-0.25, -0.2) is 0 Å². The SMILES string of the molecule is N=CC=C(N)C(=O)N[C@@H](CC(=O)O)Cc1ccc(-c2cccc(Cl)c2)cc1. The molecule has 0 saturated carbocycles. The summed E-state index contributed by atoms with van der Waals surface area (Å²) in [4.78, 5) is 23.1. The maximum absolute atomic E-state index is 12.0. The van der Waals surface area contributed by atoms with Crippen LogP contribution in [0.4, 0.5) is 0 Å². The van der Waals surface area contributed by atoms with E-state index < -0.39 is 17.9 Å². The summed E-state index contributed by atoms with van der Waals surface area (Å²) in [6.07, 6.45) is 2.15. The molecule has 0 saturated heterocycles. The predicted molar refractivity (Wildman–Crippen MR) is 106 cm³/mol. The van der Waals surface area contributed by atoms with Gasteiger partial charge >= 0.3 is 5.97 Å². The van der Waals surface area contributed by atoms with Crippen molar-refractivity contribution in [1.82, 2.24) is 5.32 Å². The number of allylic oxidation sites excluding steroid dienone is 1. The molecular formula is C20H20ClN3O3. The summed E-state index contributed by atoms with van der Waals surface area (Å²) in [5.41, 5.74) is 8.24. The second-order valence-corrected chi connectivity index (χ2v) is 6.40. The zero-order valence-corrected chi connectivity index (χ0v) is 15.2. The van der Waals surface area contributed by atoms with Gasteiger partial charge in [0, 0.05) is 17.3 Å². The zero-order chi connectivity index (χ0) is 19.8. The summed E-state index contributed by atoms with van der Waals surface area (Å²) in [5, 5.41) is 19.3. The molecule has 0 radical (unpaired) electrons. The van der Waals surface area contributed by atoms with E-state index in [0.29, 0.717) is 11.4 Å². The van der Waals surface area contributed by atoms with Gasteiger partial charge in [-0.05, 0) is 41.3 Å². The number of rotatable bonds is 8. The largest absolute Gasteiger partial charge is 0.481 e. The number of carbonyl (C=O) groups excluding carboxylic acids is 1. The van der Waals surface area contributed by atoms with Crippen LogP contribution in [0.1, 0.15) is 12.0 Å². The van der Waals surface area contributed by atoms with Crippen LogP contribution in [-0.2, 0) is 16.0 Å². The standard InChI is InChI=1S/C20H20ClN3O3/c21-16-3-1-2-15(11-16)14-6-4-13(5-7-14)10-17(12-19(25)26)24-20(27)18(23)8-9-22/h1-9,11,17,22H,10,12,23H2,(H,24,27)(H,25,26)/t17-/m1/s1. The van der Waals surface area contributed by atoms with Gasteiger partial charge < -0.3 is 21.6 Å². The number of benzene rings is 2. The first kappa shape index (κ1) is 20.2. The second-order valence-electron chi connectivity index (χ2n) is 5.97. The molecule has 7 heteroatoms. The number of hydrogen-bond donors (Lipinski definition) is 4. The molecule has 0 spiro atoms. The Morgan fingerprint density at radius 1 is 1.19 bits per heavy atom. The van der Waals surface area contributed by atoms with E-state index in [2.05, 4.69) is 5.32 Å². The Morgan fingerprint density at radius 2 is 1.89 bits per heavy atom. The van der Waals surface area contributed by atoms with E-state index in [0.717, 1.165) is 29.0 Å². The van der Waals surface area contributed by atoms with Crippen molar-refractivity contribution in [2.24, 2.45) is 5.73 Å². The summed E-state index contributed by atoms with van der Waals surface area (Å²) < 4.78 is 0. The molecule has 2 aromatic carbocycles. The lowest BCUT2D eigenvalue weighted by Gasteiger charge is -2.17. The Labute approximate surface area is 162 Å². The number of carboxylic acid groups (broad SMARTS) is 1. The van der Waals surface area contributed by atoms with E-state index in [4.69, 9.17) is 27.9 Å². The molecule has 0 bridgehead atoms. The molecular weight excluding hydrogens is 366 g/mol. The van der Waals surface area contributed by atoms with Crippen LogP contribution in [0.15, 0.2) is 60.3 Å². The van der Waals surface area contributed by atoms with Gasteiger partial charge in [-0.3, -0.25) is 9.59 Å². The van der Waals surface area contributed by atoms with Gasteiger partial charge in [-0.15, -0.1) is 0 Å². The third-order valence-corrected chi connectivity index (χ3v) is 4.11. The number of nitrogens with one attached hydrogen (secondary N) is 2. The van der Waals surface area contributed by atoms with E-state index >= 15 is 0 Å². The van der Waals surface area contributed by atoms with Crippen molar-refractivity contribution >= 4 is 29.7 Å². The van der Waals surface area contributed by atoms with Crippen LogP contribution in [0, 0.1) is 5.41 Å². The van der Waals surface area contributed by atoms with Crippen LogP contribution in [-0.4, -0.2) is 29.2 Å². The molecule has 6 nitrogen and oxygen atoms in total. The Hall–Kier alpha value is -3.12. The normalized spacial score (nSPS) is 12.3. The highest BCUT2D eigenvalue weighted by Crippen LogP contribution is 2.23. The molecule has 1 atom stereocenters. The van der Waals surface area contributed by atoms with Crippen LogP contribution < -0.4 is 11.1 Å². The monoisotopic (exact) mass is 385 g/mol. The van der Waals surface area contributed by atoms with Crippen molar-refractivity contribution in [3.8, 4) is 11.1 Å². The lowest BCUT2D eigenvalue weighted by Crippen LogP contribution is -2.40. The molecule has 0 aliphatic rings. The average Bonchev–Trinajstić information content (AvgIpc) is 2.62. The number of amides is 1. The summed E-state index contributed by atoms with van der Waals surface area (Å²) >= 11 is 6.02. The fraction of sp³-hybridized carbons (Fsp3) is 0.150. The van der Waals surface area contributed by atoms with E-state index in [1.807, 2.05) is 42.5 Å². The lowest BCUT2D eigenvalue weighted by atomic mass is 9.99. The van der Waals surface area contributed by atoms with Crippen LogP contribution in [0.5, 0.6) is 0 Å². The molecule has 2 aromatic rings. The molecule has 0 fully saturated rings. The van der Waals surface area contributed by atoms with Crippen LogP contribution in [0.2, 0.25) is 5.02 Å². The molecule has 0 aliphatic heterocycles. The zero-order valence-electron chi connectivity index (χ0n) is 14.5. The van der Waals surface area contributed by atoms with Gasteiger partial charge in [0.2, 0.25) is 0 Å². The predicted octanol–water partition coefficient (Wildman–Crippen LogP) is 3.00. The van der Waals surface area contributed by atoms with Gasteiger partial charge in [0.25, 0.3) is 5.91 Å². The minimum atomic E-state index is -1.02. The van der Waals surface area contributed by atoms with Crippen molar-refractivity contribution in [3.63, 3.8) is 0 Å². The van der Waals surface area contributed by atoms with Gasteiger partial charge in [0.15, 0.2) is 0 Å². The number of aliphatic carboxylic acids is 1. The summed E-state index contributed by atoms with van der Waals surface area (Å²) in [5.74, 6) is -1.62. The summed E-state index contributed by atoms with van der Waals surface area (Å²) in [6.45, 7) is 0. The fourth-order valence-electron chi connectivity index (χ4n) is 2.61. The van der Waals surface area contributed by atoms with Crippen molar-refractivity contribution in [3.05, 3.63) is 70.9 Å². The molecule has 0 aliphatic carbocycles. The van der Waals surface area contributed by atoms with Crippen molar-refractivity contribution in [1.29, 1.82) is 5.41 Å². The van der Waals surface area contributed by atoms with Crippen LogP contribution >= 0.6 is 11.6 Å². The fourth-order valence-corrected chi connectivity index (χ4v) is 2.80. The minimum absolute atomic E-state index is 0.142. The molecule has 0 aromatic heterocycles. The number of carbonyl (C=O) groups is 2. The number of nitrogens with two attached hydrogens (primary N) is 1. The van der Waals surface area contributed by atoms with Crippen LogP contribution in [0.3, 0.4) is 0 Å². The topological polar surface area (TPSA) is 116 Å². The van der Waals surface area contributed by atoms with Crippen molar-refractivity contribution in [2.75, 3.05) is 0 Å². The number of halogens is 1. The Morgan fingerprint density at radius 3 is 2.48 bits per heavy atom. The molecule has 140 valence electrons. The van der Waals surface area contributed by atoms with Gasteiger partial charge in [-0.1, -0.05) is 48.0 Å². The minimum Gasteiger partial charge on any atom is -0.481 e. The molecule has 0 heterocycles. The first-order valence-corrected chi connectivity index (χ1v) is 8.60. The first-order chi connectivity index (χ1) is 12.9. The third kappa shape index (κ3) is 6.27. The van der Waals surface area contributed by atoms with Gasteiger partial charge in [-0.2, -0.15) is 0 Å². The highest BCUT2D eigenvalue weighted by Gasteiger charge is 2.18. The third-order valence-electron chi connectivity index (χ3n) is 3.88. The van der Waals surface area contributed by atoms with Gasteiger partial charge in [0.05, 0.1) is 12.1 Å². The quantitative estimate of drug-likeness (QED) is 0.412. The smallest absolute Gasteiger partial charge is 0.305 e. The molecule has 0 unspecified atom stereocenters. The maximum Gasteiger partial charge on any atom is 0.305 e. The van der Waals surface area contributed by atoms with Crippen molar-refractivity contribution < 1.29 is 14.7 Å². The highest BCUT2D eigenvalue weighted by atomic mass is 35.5. The number of carboxylic acids is 1. The number of hydrogen-bond acceptors (Lipinski definition) is 4. The molecule has 27 heavy (non-hydrogen) atoms. The van der Waals surface area contributed by atoms with E-state index in [-0.39, 0.29) is 12.1 Å². The summed E-state index contributed by atoms with van der Waals surface area (Å²) in [6, 6.07) is 14.5. The summed E-state index contributed by atoms with van der Waals surface area (Å²) in [7, 11) is 0. The molecule has 1 amide bonds. The lowest BCUT2D eigenvalue weighted by molar-refractivity contribution is -0.137. The first-order valence-electron chi connectivity index (χ1n) is 8.23. The van der Waals surface area contributed by atoms with E-state index in [1.165, 1.54) is 0 Å².